The topological polar surface area (TPSA) is 38.7 Å². The van der Waals surface area contributed by atoms with Crippen molar-refractivity contribution in [1.82, 2.24) is 15.0 Å². The molecule has 0 N–H and O–H groups in total. The Morgan fingerprint density at radius 3 is 2.60 bits per heavy atom. The molecule has 80 valence electrons. The molecule has 0 atom stereocenters. The average molecular weight is 239 g/mol. The first-order chi connectivity index (χ1) is 7.02. The van der Waals surface area contributed by atoms with Gasteiger partial charge in [-0.15, -0.1) is 11.3 Å². The molecular formula is C10H13N3S2. The molecular weight excluding hydrogens is 226 g/mol. The van der Waals surface area contributed by atoms with Gasteiger partial charge in [0, 0.05) is 5.41 Å². The number of hydrogen-bond donors (Lipinski definition) is 0. The van der Waals surface area contributed by atoms with Crippen molar-refractivity contribution in [2.45, 2.75) is 30.5 Å². The molecule has 0 aliphatic rings. The molecule has 2 aromatic rings. The molecule has 0 fully saturated rings. The summed E-state index contributed by atoms with van der Waals surface area (Å²) in [6.07, 6.45) is 3.63. The number of hydrogen-bond acceptors (Lipinski definition) is 5. The number of thioether (sulfide) groups is 1. The molecule has 15 heavy (non-hydrogen) atoms. The fourth-order valence-corrected chi connectivity index (χ4v) is 3.07. The van der Waals surface area contributed by atoms with E-state index < -0.39 is 0 Å². The van der Waals surface area contributed by atoms with Gasteiger partial charge in [0.25, 0.3) is 0 Å². The van der Waals surface area contributed by atoms with Gasteiger partial charge in [-0.2, -0.15) is 0 Å². The van der Waals surface area contributed by atoms with Crippen LogP contribution in [0.5, 0.6) is 0 Å². The number of fused-ring (bicyclic) bond motifs is 1. The first-order valence-electron chi connectivity index (χ1n) is 4.68. The Hall–Kier alpha value is -0.680. The Morgan fingerprint density at radius 1 is 1.27 bits per heavy atom. The van der Waals surface area contributed by atoms with Crippen molar-refractivity contribution in [2.24, 2.45) is 0 Å². The number of thiazole rings is 1. The van der Waals surface area contributed by atoms with Crippen molar-refractivity contribution in [3.05, 3.63) is 12.0 Å². The lowest BCUT2D eigenvalue weighted by Crippen LogP contribution is -2.13. The first kappa shape index (κ1) is 10.8. The Balaban J connectivity index is 2.70. The zero-order chi connectivity index (χ0) is 11.1. The van der Waals surface area contributed by atoms with Crippen LogP contribution >= 0.6 is 23.1 Å². The van der Waals surface area contributed by atoms with E-state index in [9.17, 15) is 0 Å². The van der Waals surface area contributed by atoms with Gasteiger partial charge in [-0.05, 0) is 6.26 Å². The van der Waals surface area contributed by atoms with Crippen LogP contribution in [0.15, 0.2) is 10.7 Å². The first-order valence-corrected chi connectivity index (χ1v) is 6.72. The zero-order valence-corrected chi connectivity index (χ0v) is 10.9. The number of aromatic nitrogens is 3. The molecule has 0 aliphatic heterocycles. The van der Waals surface area contributed by atoms with Gasteiger partial charge in [-0.25, -0.2) is 15.0 Å². The van der Waals surface area contributed by atoms with E-state index in [4.69, 9.17) is 0 Å². The lowest BCUT2D eigenvalue weighted by atomic mass is 9.92. The van der Waals surface area contributed by atoms with Gasteiger partial charge < -0.3 is 0 Å². The molecule has 5 heteroatoms. The van der Waals surface area contributed by atoms with E-state index in [0.717, 1.165) is 20.4 Å². The predicted octanol–water partition coefficient (Wildman–Crippen LogP) is 3.11. The zero-order valence-electron chi connectivity index (χ0n) is 9.24. The van der Waals surface area contributed by atoms with Gasteiger partial charge in [-0.1, -0.05) is 32.5 Å². The highest BCUT2D eigenvalue weighted by atomic mass is 32.2. The quantitative estimate of drug-likeness (QED) is 0.717. The van der Waals surface area contributed by atoms with Crippen LogP contribution in [-0.4, -0.2) is 21.2 Å². The lowest BCUT2D eigenvalue weighted by Gasteiger charge is -2.17. The maximum absolute atomic E-state index is 4.44. The summed E-state index contributed by atoms with van der Waals surface area (Å²) < 4.78 is 2.17. The van der Waals surface area contributed by atoms with Crippen LogP contribution < -0.4 is 0 Å². The highest BCUT2D eigenvalue weighted by molar-refractivity contribution is 8.00. The van der Waals surface area contributed by atoms with Gasteiger partial charge in [0.1, 0.15) is 6.33 Å². The molecule has 0 unspecified atom stereocenters. The molecule has 3 nitrogen and oxygen atoms in total. The van der Waals surface area contributed by atoms with Crippen LogP contribution in [0.3, 0.4) is 0 Å². The van der Waals surface area contributed by atoms with Gasteiger partial charge in [0.15, 0.2) is 9.99 Å². The van der Waals surface area contributed by atoms with Crippen molar-refractivity contribution in [2.75, 3.05) is 6.26 Å². The largest absolute Gasteiger partial charge is 0.239 e. The standard InChI is InChI=1S/C10H13N3S2/c1-10(2,3)7-6-8(12-5-11-7)13-9(14-4)15-6/h5H,1-4H3. The lowest BCUT2D eigenvalue weighted by molar-refractivity contribution is 0.575. The summed E-state index contributed by atoms with van der Waals surface area (Å²) in [6.45, 7) is 6.48. The second-order valence-electron chi connectivity index (χ2n) is 4.31. The molecule has 0 bridgehead atoms. The Morgan fingerprint density at radius 2 is 2.00 bits per heavy atom. The van der Waals surface area contributed by atoms with Gasteiger partial charge in [-0.3, -0.25) is 0 Å². The summed E-state index contributed by atoms with van der Waals surface area (Å²) in [7, 11) is 0. The maximum Gasteiger partial charge on any atom is 0.175 e. The minimum Gasteiger partial charge on any atom is -0.239 e. The Bertz CT molecular complexity index is 485. The van der Waals surface area contributed by atoms with Gasteiger partial charge in [0.05, 0.1) is 10.4 Å². The molecule has 2 heterocycles. The summed E-state index contributed by atoms with van der Waals surface area (Å²) in [5.74, 6) is 0. The molecule has 2 aromatic heterocycles. The second-order valence-corrected chi connectivity index (χ2v) is 6.36. The third-order valence-corrected chi connectivity index (χ3v) is 4.09. The fourth-order valence-electron chi connectivity index (χ4n) is 1.36. The third-order valence-electron chi connectivity index (χ3n) is 2.06. The summed E-state index contributed by atoms with van der Waals surface area (Å²) in [5, 5.41) is 0. The molecule has 0 amide bonds. The maximum atomic E-state index is 4.44. The van der Waals surface area contributed by atoms with Gasteiger partial charge in [0.2, 0.25) is 0 Å². The van der Waals surface area contributed by atoms with Crippen LogP contribution in [-0.2, 0) is 5.41 Å². The Labute approximate surface area is 97.4 Å². The minimum absolute atomic E-state index is 0.0450. The summed E-state index contributed by atoms with van der Waals surface area (Å²) in [6, 6.07) is 0. The number of rotatable bonds is 1. The van der Waals surface area contributed by atoms with Crippen LogP contribution in [0, 0.1) is 0 Å². The van der Waals surface area contributed by atoms with E-state index in [-0.39, 0.29) is 5.41 Å². The molecule has 0 saturated carbocycles. The minimum atomic E-state index is 0.0450. The van der Waals surface area contributed by atoms with Crippen molar-refractivity contribution in [3.63, 3.8) is 0 Å². The average Bonchev–Trinajstić information content (AvgIpc) is 2.57. The molecule has 0 aliphatic carbocycles. The smallest absolute Gasteiger partial charge is 0.175 e. The molecule has 0 radical (unpaired) electrons. The van der Waals surface area contributed by atoms with E-state index in [0.29, 0.717) is 0 Å². The molecule has 0 spiro atoms. The van der Waals surface area contributed by atoms with Crippen molar-refractivity contribution >= 4 is 33.4 Å². The highest BCUT2D eigenvalue weighted by Gasteiger charge is 2.21. The van der Waals surface area contributed by atoms with E-state index in [1.807, 2.05) is 6.26 Å². The third kappa shape index (κ3) is 1.99. The second kappa shape index (κ2) is 3.72. The molecule has 0 saturated heterocycles. The van der Waals surface area contributed by atoms with Crippen LogP contribution in [0.2, 0.25) is 0 Å². The van der Waals surface area contributed by atoms with Crippen LogP contribution in [0.1, 0.15) is 26.5 Å². The van der Waals surface area contributed by atoms with E-state index in [2.05, 4.69) is 35.7 Å². The van der Waals surface area contributed by atoms with E-state index in [1.165, 1.54) is 0 Å². The fraction of sp³-hybridized carbons (Fsp3) is 0.500. The van der Waals surface area contributed by atoms with Crippen LogP contribution in [0.4, 0.5) is 0 Å². The number of nitrogens with zero attached hydrogens (tertiary/aromatic N) is 3. The van der Waals surface area contributed by atoms with E-state index in [1.54, 1.807) is 29.4 Å². The van der Waals surface area contributed by atoms with Crippen molar-refractivity contribution in [3.8, 4) is 0 Å². The van der Waals surface area contributed by atoms with E-state index >= 15 is 0 Å². The van der Waals surface area contributed by atoms with Crippen molar-refractivity contribution in [1.29, 1.82) is 0 Å². The summed E-state index contributed by atoms with van der Waals surface area (Å²) in [4.78, 5) is 13.0. The summed E-state index contributed by atoms with van der Waals surface area (Å²) in [5.41, 5.74) is 1.96. The predicted molar refractivity (Wildman–Crippen MR) is 65.7 cm³/mol. The monoisotopic (exact) mass is 239 g/mol. The van der Waals surface area contributed by atoms with Crippen LogP contribution in [0.25, 0.3) is 10.3 Å². The Kier molecular flexibility index (Phi) is 2.68. The van der Waals surface area contributed by atoms with Gasteiger partial charge >= 0.3 is 0 Å². The molecule has 2 rings (SSSR count). The SMILES string of the molecule is CSc1nc2ncnc(C(C)(C)C)c2s1. The highest BCUT2D eigenvalue weighted by Crippen LogP contribution is 2.33. The summed E-state index contributed by atoms with van der Waals surface area (Å²) >= 11 is 3.33. The van der Waals surface area contributed by atoms with Crippen molar-refractivity contribution < 1.29 is 0 Å². The molecule has 0 aromatic carbocycles. The normalized spacial score (nSPS) is 12.3.